The second kappa shape index (κ2) is 9.93. The van der Waals surface area contributed by atoms with Crippen molar-refractivity contribution in [1.29, 1.82) is 0 Å². The molecule has 4 rings (SSSR count). The fourth-order valence-electron chi connectivity index (χ4n) is 3.05. The number of rotatable bonds is 7. The first-order valence-corrected chi connectivity index (χ1v) is 10.8. The highest BCUT2D eigenvalue weighted by molar-refractivity contribution is 7.99. The number of aromatic nitrogens is 2. The first-order chi connectivity index (χ1) is 15.7. The van der Waals surface area contributed by atoms with Gasteiger partial charge in [-0.15, -0.1) is 0 Å². The Hall–Kier alpha value is -3.91. The summed E-state index contributed by atoms with van der Waals surface area (Å²) in [7, 11) is 1.58. The Morgan fingerprint density at radius 1 is 1.06 bits per heavy atom. The quantitative estimate of drug-likeness (QED) is 0.204. The van der Waals surface area contributed by atoms with Crippen LogP contribution in [-0.4, -0.2) is 34.5 Å². The molecule has 1 aromatic heterocycles. The van der Waals surface area contributed by atoms with E-state index in [1.54, 1.807) is 55.8 Å². The standard InChI is InChI=1S/C24H20N4O3S/c1-31-19-13-11-18(12-14-19)28-23(30)20-9-5-6-10-21(20)26-24(28)32-16-22(29)27-25-15-17-7-3-2-4-8-17/h2-15H,16H2,1H3,(H,27,29). The smallest absolute Gasteiger partial charge is 0.266 e. The lowest BCUT2D eigenvalue weighted by atomic mass is 10.2. The van der Waals surface area contributed by atoms with Crippen LogP contribution in [0.1, 0.15) is 5.56 Å². The average Bonchev–Trinajstić information content (AvgIpc) is 2.84. The van der Waals surface area contributed by atoms with Crippen molar-refractivity contribution in [2.45, 2.75) is 5.16 Å². The minimum absolute atomic E-state index is 0.0487. The van der Waals surface area contributed by atoms with Crippen LogP contribution in [0.25, 0.3) is 16.6 Å². The highest BCUT2D eigenvalue weighted by Gasteiger charge is 2.14. The largest absolute Gasteiger partial charge is 0.497 e. The van der Waals surface area contributed by atoms with E-state index >= 15 is 0 Å². The van der Waals surface area contributed by atoms with Crippen molar-refractivity contribution in [3.63, 3.8) is 0 Å². The molecule has 0 aliphatic rings. The second-order valence-corrected chi connectivity index (χ2v) is 7.69. The summed E-state index contributed by atoms with van der Waals surface area (Å²) < 4.78 is 6.72. The maximum absolute atomic E-state index is 13.2. The SMILES string of the molecule is COc1ccc(-n2c(SCC(=O)NN=Cc3ccccc3)nc3ccccc3c2=O)cc1. The highest BCUT2D eigenvalue weighted by atomic mass is 32.2. The van der Waals surface area contributed by atoms with Crippen molar-refractivity contribution in [2.75, 3.05) is 12.9 Å². The molecule has 1 amide bonds. The van der Waals surface area contributed by atoms with E-state index in [0.29, 0.717) is 27.5 Å². The monoisotopic (exact) mass is 444 g/mol. The van der Waals surface area contributed by atoms with Crippen LogP contribution in [0.4, 0.5) is 0 Å². The van der Waals surface area contributed by atoms with Crippen molar-refractivity contribution in [2.24, 2.45) is 5.10 Å². The van der Waals surface area contributed by atoms with E-state index in [0.717, 1.165) is 5.56 Å². The van der Waals surface area contributed by atoms with Crippen LogP contribution < -0.4 is 15.7 Å². The molecule has 4 aromatic rings. The predicted molar refractivity (Wildman–Crippen MR) is 127 cm³/mol. The van der Waals surface area contributed by atoms with Crippen molar-refractivity contribution in [1.82, 2.24) is 15.0 Å². The van der Waals surface area contributed by atoms with Gasteiger partial charge in [0.15, 0.2) is 5.16 Å². The van der Waals surface area contributed by atoms with Crippen LogP contribution in [0, 0.1) is 0 Å². The molecular formula is C24H20N4O3S. The fourth-order valence-corrected chi connectivity index (χ4v) is 3.85. The van der Waals surface area contributed by atoms with Gasteiger partial charge in [0.25, 0.3) is 11.5 Å². The molecule has 0 atom stereocenters. The van der Waals surface area contributed by atoms with Gasteiger partial charge in [0, 0.05) is 0 Å². The van der Waals surface area contributed by atoms with Gasteiger partial charge in [-0.1, -0.05) is 54.2 Å². The molecule has 32 heavy (non-hydrogen) atoms. The van der Waals surface area contributed by atoms with Gasteiger partial charge in [0.05, 0.1) is 35.7 Å². The molecule has 0 unspecified atom stereocenters. The summed E-state index contributed by atoms with van der Waals surface area (Å²) in [5.41, 5.74) is 4.40. The van der Waals surface area contributed by atoms with Gasteiger partial charge in [0.2, 0.25) is 0 Å². The molecule has 0 saturated carbocycles. The van der Waals surface area contributed by atoms with Gasteiger partial charge < -0.3 is 4.74 Å². The van der Waals surface area contributed by atoms with Gasteiger partial charge in [-0.2, -0.15) is 5.10 Å². The van der Waals surface area contributed by atoms with Gasteiger partial charge in [-0.3, -0.25) is 14.2 Å². The Balaban J connectivity index is 1.58. The summed E-state index contributed by atoms with van der Waals surface area (Å²) in [6, 6.07) is 23.7. The number of fused-ring (bicyclic) bond motifs is 1. The first kappa shape index (κ1) is 21.3. The van der Waals surface area contributed by atoms with Crippen LogP contribution in [0.2, 0.25) is 0 Å². The number of carbonyl (C=O) groups is 1. The van der Waals surface area contributed by atoms with Crippen LogP contribution in [0.3, 0.4) is 0 Å². The molecule has 0 spiro atoms. The van der Waals surface area contributed by atoms with Gasteiger partial charge in [-0.05, 0) is 42.0 Å². The van der Waals surface area contributed by atoms with Crippen molar-refractivity contribution >= 4 is 34.8 Å². The lowest BCUT2D eigenvalue weighted by Crippen LogP contribution is -2.24. The van der Waals surface area contributed by atoms with Gasteiger partial charge >= 0.3 is 0 Å². The van der Waals surface area contributed by atoms with E-state index in [-0.39, 0.29) is 17.2 Å². The third-order valence-corrected chi connectivity index (χ3v) is 5.55. The Labute approximate surface area is 188 Å². The molecule has 0 aliphatic carbocycles. The summed E-state index contributed by atoms with van der Waals surface area (Å²) in [5.74, 6) is 0.429. The highest BCUT2D eigenvalue weighted by Crippen LogP contribution is 2.22. The molecule has 0 fully saturated rings. The third kappa shape index (κ3) is 4.87. The Morgan fingerprint density at radius 2 is 1.78 bits per heavy atom. The number of amides is 1. The molecule has 0 aliphatic heterocycles. The number of ether oxygens (including phenoxy) is 1. The van der Waals surface area contributed by atoms with Crippen LogP contribution in [0.15, 0.2) is 93.9 Å². The molecule has 160 valence electrons. The zero-order valence-corrected chi connectivity index (χ0v) is 18.1. The summed E-state index contributed by atoms with van der Waals surface area (Å²) >= 11 is 1.17. The van der Waals surface area contributed by atoms with Crippen molar-refractivity contribution in [3.05, 3.63) is 94.8 Å². The number of thioether (sulfide) groups is 1. The number of methoxy groups -OCH3 is 1. The van der Waals surface area contributed by atoms with E-state index in [2.05, 4.69) is 15.5 Å². The number of nitrogens with zero attached hydrogens (tertiary/aromatic N) is 3. The number of carbonyl (C=O) groups excluding carboxylic acids is 1. The maximum Gasteiger partial charge on any atom is 0.266 e. The fraction of sp³-hybridized carbons (Fsp3) is 0.0833. The van der Waals surface area contributed by atoms with E-state index < -0.39 is 0 Å². The molecule has 0 saturated heterocycles. The predicted octanol–water partition coefficient (Wildman–Crippen LogP) is 3.64. The zero-order chi connectivity index (χ0) is 22.3. The van der Waals surface area contributed by atoms with Gasteiger partial charge in [0.1, 0.15) is 5.75 Å². The number of para-hydroxylation sites is 1. The normalized spacial score (nSPS) is 11.0. The summed E-state index contributed by atoms with van der Waals surface area (Å²) in [6.07, 6.45) is 1.57. The van der Waals surface area contributed by atoms with Crippen molar-refractivity contribution < 1.29 is 9.53 Å². The summed E-state index contributed by atoms with van der Waals surface area (Å²) in [6.45, 7) is 0. The molecule has 7 nitrogen and oxygen atoms in total. The van der Waals surface area contributed by atoms with Crippen LogP contribution >= 0.6 is 11.8 Å². The minimum atomic E-state index is -0.300. The lowest BCUT2D eigenvalue weighted by molar-refractivity contribution is -0.118. The Morgan fingerprint density at radius 3 is 2.53 bits per heavy atom. The van der Waals surface area contributed by atoms with Crippen molar-refractivity contribution in [3.8, 4) is 11.4 Å². The minimum Gasteiger partial charge on any atom is -0.497 e. The zero-order valence-electron chi connectivity index (χ0n) is 17.3. The molecule has 1 heterocycles. The van der Waals surface area contributed by atoms with Crippen LogP contribution in [0.5, 0.6) is 5.75 Å². The molecule has 0 bridgehead atoms. The summed E-state index contributed by atoms with van der Waals surface area (Å²) in [4.78, 5) is 30.2. The number of hydrogen-bond donors (Lipinski definition) is 1. The molecule has 3 aromatic carbocycles. The maximum atomic E-state index is 13.2. The average molecular weight is 445 g/mol. The van der Waals surface area contributed by atoms with E-state index in [1.165, 1.54) is 16.3 Å². The summed E-state index contributed by atoms with van der Waals surface area (Å²) in [5, 5.41) is 4.90. The molecular weight excluding hydrogens is 424 g/mol. The molecule has 1 N–H and O–H groups in total. The third-order valence-electron chi connectivity index (χ3n) is 4.61. The van der Waals surface area contributed by atoms with E-state index in [1.807, 2.05) is 36.4 Å². The number of hydrazone groups is 1. The topological polar surface area (TPSA) is 85.6 Å². The van der Waals surface area contributed by atoms with Crippen LogP contribution in [-0.2, 0) is 4.79 Å². The number of hydrogen-bond acceptors (Lipinski definition) is 6. The number of nitrogens with one attached hydrogen (secondary N) is 1. The van der Waals surface area contributed by atoms with E-state index in [9.17, 15) is 9.59 Å². The number of benzene rings is 3. The first-order valence-electron chi connectivity index (χ1n) is 9.81. The molecule has 0 radical (unpaired) electrons. The van der Waals surface area contributed by atoms with E-state index in [4.69, 9.17) is 4.74 Å². The van der Waals surface area contributed by atoms with Gasteiger partial charge in [-0.25, -0.2) is 10.4 Å². The lowest BCUT2D eigenvalue weighted by Gasteiger charge is -2.13. The molecule has 8 heteroatoms. The Kier molecular flexibility index (Phi) is 6.62. The Bertz CT molecular complexity index is 1320. The second-order valence-electron chi connectivity index (χ2n) is 6.74.